The van der Waals surface area contributed by atoms with E-state index in [0.717, 1.165) is 11.1 Å². The van der Waals surface area contributed by atoms with Crippen LogP contribution in [0.2, 0.25) is 0 Å². The molecule has 0 aliphatic heterocycles. The number of hydrogen-bond acceptors (Lipinski definition) is 2. The summed E-state index contributed by atoms with van der Waals surface area (Å²) < 4.78 is 5.61. The van der Waals surface area contributed by atoms with E-state index in [-0.39, 0.29) is 6.10 Å². The van der Waals surface area contributed by atoms with Gasteiger partial charge in [0.05, 0.1) is 12.7 Å². The van der Waals surface area contributed by atoms with Crippen molar-refractivity contribution in [3.05, 3.63) is 35.4 Å². The van der Waals surface area contributed by atoms with Crippen LogP contribution in [0, 0.1) is 12.8 Å². The molecule has 1 N–H and O–H groups in total. The lowest BCUT2D eigenvalue weighted by Gasteiger charge is -2.19. The number of ether oxygens (including phenoxy) is 1. The maximum Gasteiger partial charge on any atom is 0.102 e. The summed E-state index contributed by atoms with van der Waals surface area (Å²) in [5.74, 6) is 0.477. The Balaban J connectivity index is 2.49. The van der Waals surface area contributed by atoms with E-state index in [0.29, 0.717) is 12.5 Å². The Morgan fingerprint density at radius 1 is 1.25 bits per heavy atom. The second-order valence-corrected chi connectivity index (χ2v) is 4.71. The Morgan fingerprint density at radius 2 is 1.94 bits per heavy atom. The third kappa shape index (κ3) is 3.95. The lowest BCUT2D eigenvalue weighted by molar-refractivity contribution is -0.0206. The first-order chi connectivity index (χ1) is 7.50. The summed E-state index contributed by atoms with van der Waals surface area (Å²) in [7, 11) is 0. The van der Waals surface area contributed by atoms with Gasteiger partial charge >= 0.3 is 0 Å². The van der Waals surface area contributed by atoms with E-state index in [4.69, 9.17) is 4.74 Å². The zero-order valence-corrected chi connectivity index (χ0v) is 10.6. The maximum atomic E-state index is 9.95. The van der Waals surface area contributed by atoms with Crippen LogP contribution < -0.4 is 0 Å². The molecule has 0 radical (unpaired) electrons. The minimum Gasteiger partial charge on any atom is -0.386 e. The molecule has 1 rings (SSSR count). The molecule has 0 aliphatic carbocycles. The van der Waals surface area contributed by atoms with Gasteiger partial charge in [0.15, 0.2) is 0 Å². The summed E-state index contributed by atoms with van der Waals surface area (Å²) in [6.07, 6.45) is -0.347. The average molecular weight is 222 g/mol. The van der Waals surface area contributed by atoms with Crippen molar-refractivity contribution in [1.29, 1.82) is 0 Å². The van der Waals surface area contributed by atoms with Gasteiger partial charge in [0.1, 0.15) is 6.10 Å². The predicted octanol–water partition coefficient (Wildman–Crippen LogP) is 3.09. The minimum atomic E-state index is -0.527. The predicted molar refractivity (Wildman–Crippen MR) is 66.4 cm³/mol. The van der Waals surface area contributed by atoms with Gasteiger partial charge in [-0.15, -0.1) is 0 Å². The summed E-state index contributed by atoms with van der Waals surface area (Å²) in [5.41, 5.74) is 2.09. The van der Waals surface area contributed by atoms with E-state index in [9.17, 15) is 5.11 Å². The third-order valence-electron chi connectivity index (χ3n) is 2.88. The second kappa shape index (κ2) is 6.02. The van der Waals surface area contributed by atoms with Gasteiger partial charge in [-0.1, -0.05) is 43.7 Å². The summed E-state index contributed by atoms with van der Waals surface area (Å²) in [5, 5.41) is 9.95. The molecule has 2 atom stereocenters. The molecule has 0 amide bonds. The van der Waals surface area contributed by atoms with Crippen molar-refractivity contribution < 1.29 is 9.84 Å². The van der Waals surface area contributed by atoms with Gasteiger partial charge in [-0.3, -0.25) is 0 Å². The van der Waals surface area contributed by atoms with Gasteiger partial charge in [-0.25, -0.2) is 0 Å². The first-order valence-corrected chi connectivity index (χ1v) is 5.87. The Labute approximate surface area is 98.3 Å². The van der Waals surface area contributed by atoms with E-state index in [1.807, 2.05) is 38.1 Å². The van der Waals surface area contributed by atoms with Gasteiger partial charge in [0.2, 0.25) is 0 Å². The highest BCUT2D eigenvalue weighted by Crippen LogP contribution is 2.16. The van der Waals surface area contributed by atoms with Gasteiger partial charge < -0.3 is 9.84 Å². The van der Waals surface area contributed by atoms with Crippen LogP contribution in [0.3, 0.4) is 0 Å². The molecule has 2 heteroatoms. The number of aryl methyl sites for hydroxylation is 1. The first-order valence-electron chi connectivity index (χ1n) is 5.87. The highest BCUT2D eigenvalue weighted by molar-refractivity contribution is 5.23. The quantitative estimate of drug-likeness (QED) is 0.829. The van der Waals surface area contributed by atoms with Gasteiger partial charge in [0.25, 0.3) is 0 Å². The van der Waals surface area contributed by atoms with Gasteiger partial charge in [-0.2, -0.15) is 0 Å². The number of hydrogen-bond donors (Lipinski definition) is 1. The summed E-state index contributed by atoms with van der Waals surface area (Å²) in [6, 6.07) is 7.91. The number of benzene rings is 1. The molecule has 0 aromatic heterocycles. The Bertz CT molecular complexity index is 320. The molecule has 2 nitrogen and oxygen atoms in total. The van der Waals surface area contributed by atoms with Crippen LogP contribution >= 0.6 is 0 Å². The summed E-state index contributed by atoms with van der Waals surface area (Å²) >= 11 is 0. The Hall–Kier alpha value is -0.860. The van der Waals surface area contributed by atoms with E-state index in [1.54, 1.807) is 0 Å². The molecule has 0 saturated heterocycles. The first kappa shape index (κ1) is 13.2. The smallest absolute Gasteiger partial charge is 0.102 e. The van der Waals surface area contributed by atoms with Crippen LogP contribution in [0.1, 0.15) is 38.0 Å². The number of aliphatic hydroxyl groups is 1. The Kier molecular flexibility index (Phi) is 4.97. The molecule has 1 aromatic rings. The highest BCUT2D eigenvalue weighted by atomic mass is 16.5. The van der Waals surface area contributed by atoms with Crippen molar-refractivity contribution >= 4 is 0 Å². The van der Waals surface area contributed by atoms with Crippen LogP contribution in [-0.4, -0.2) is 17.8 Å². The lowest BCUT2D eigenvalue weighted by Crippen LogP contribution is -2.19. The van der Waals surface area contributed by atoms with Crippen molar-refractivity contribution in [1.82, 2.24) is 0 Å². The van der Waals surface area contributed by atoms with Crippen LogP contribution in [-0.2, 0) is 4.74 Å². The number of aliphatic hydroxyl groups excluding tert-OH is 1. The summed E-state index contributed by atoms with van der Waals surface area (Å²) in [4.78, 5) is 0. The molecule has 0 spiro atoms. The fourth-order valence-electron chi connectivity index (χ4n) is 1.41. The fourth-order valence-corrected chi connectivity index (χ4v) is 1.41. The number of rotatable bonds is 5. The third-order valence-corrected chi connectivity index (χ3v) is 2.88. The maximum absolute atomic E-state index is 9.95. The topological polar surface area (TPSA) is 29.5 Å². The van der Waals surface area contributed by atoms with E-state index in [2.05, 4.69) is 13.8 Å². The van der Waals surface area contributed by atoms with Crippen molar-refractivity contribution in [3.63, 3.8) is 0 Å². The zero-order valence-electron chi connectivity index (χ0n) is 10.6. The van der Waals surface area contributed by atoms with Crippen molar-refractivity contribution in [2.75, 3.05) is 6.61 Å². The molecule has 0 aliphatic rings. The van der Waals surface area contributed by atoms with E-state index >= 15 is 0 Å². The average Bonchev–Trinajstić information content (AvgIpc) is 2.25. The van der Waals surface area contributed by atoms with Gasteiger partial charge in [0, 0.05) is 0 Å². The van der Waals surface area contributed by atoms with Crippen LogP contribution in [0.15, 0.2) is 24.3 Å². The van der Waals surface area contributed by atoms with Gasteiger partial charge in [-0.05, 0) is 25.3 Å². The molecular weight excluding hydrogens is 200 g/mol. The Morgan fingerprint density at radius 3 is 2.50 bits per heavy atom. The molecule has 0 fully saturated rings. The molecule has 0 bridgehead atoms. The largest absolute Gasteiger partial charge is 0.386 e. The standard InChI is InChI=1S/C14H22O2/c1-10(2)12(4)16-9-14(15)13-7-5-6-11(3)8-13/h5-8,10,12,14-15H,9H2,1-4H3. The monoisotopic (exact) mass is 222 g/mol. The van der Waals surface area contributed by atoms with Crippen LogP contribution in [0.5, 0.6) is 0 Å². The summed E-state index contributed by atoms with van der Waals surface area (Å²) in [6.45, 7) is 8.65. The molecule has 0 saturated carbocycles. The van der Waals surface area contributed by atoms with Crippen molar-refractivity contribution in [2.45, 2.75) is 39.9 Å². The molecule has 16 heavy (non-hydrogen) atoms. The zero-order chi connectivity index (χ0) is 12.1. The van der Waals surface area contributed by atoms with Crippen LogP contribution in [0.4, 0.5) is 0 Å². The lowest BCUT2D eigenvalue weighted by atomic mass is 10.1. The molecular formula is C14H22O2. The second-order valence-electron chi connectivity index (χ2n) is 4.71. The normalized spacial score (nSPS) is 15.1. The fraction of sp³-hybridized carbons (Fsp3) is 0.571. The SMILES string of the molecule is Cc1cccc(C(O)COC(C)C(C)C)c1. The van der Waals surface area contributed by atoms with Crippen molar-refractivity contribution in [3.8, 4) is 0 Å². The molecule has 2 unspecified atom stereocenters. The van der Waals surface area contributed by atoms with Crippen LogP contribution in [0.25, 0.3) is 0 Å². The van der Waals surface area contributed by atoms with E-state index < -0.39 is 6.10 Å². The minimum absolute atomic E-state index is 0.180. The molecule has 90 valence electrons. The van der Waals surface area contributed by atoms with E-state index in [1.165, 1.54) is 0 Å². The highest BCUT2D eigenvalue weighted by Gasteiger charge is 2.12. The molecule has 1 aromatic carbocycles. The molecule has 0 heterocycles. The van der Waals surface area contributed by atoms with Crippen molar-refractivity contribution in [2.24, 2.45) is 5.92 Å².